The molecule has 0 unspecified atom stereocenters. The average molecular weight is 311 g/mol. The minimum atomic E-state index is -0.595. The summed E-state index contributed by atoms with van der Waals surface area (Å²) in [4.78, 5) is 24.0. The van der Waals surface area contributed by atoms with E-state index >= 15 is 0 Å². The number of para-hydroxylation sites is 1. The zero-order chi connectivity index (χ0) is 14.5. The van der Waals surface area contributed by atoms with Crippen LogP contribution in [-0.4, -0.2) is 25.5 Å². The lowest BCUT2D eigenvalue weighted by Gasteiger charge is -2.08. The largest absolute Gasteiger partial charge is 0.422 e. The van der Waals surface area contributed by atoms with Crippen LogP contribution in [0.3, 0.4) is 0 Å². The van der Waals surface area contributed by atoms with E-state index in [0.717, 1.165) is 11.9 Å². The van der Waals surface area contributed by atoms with Crippen LogP contribution in [0.25, 0.3) is 11.0 Å². The number of rotatable bonds is 5. The number of carbonyl (C=O) groups excluding carboxylic acids is 1. The predicted molar refractivity (Wildman–Crippen MR) is 85.3 cm³/mol. The summed E-state index contributed by atoms with van der Waals surface area (Å²) in [5.41, 5.74) is 0.638. The molecule has 2 rings (SSSR count). The number of hydrogen-bond acceptors (Lipinski definition) is 4. The number of carbonyl (C=O) groups is 1. The first-order valence-corrected chi connectivity index (χ1v) is 6.66. The smallest absolute Gasteiger partial charge is 0.349 e. The van der Waals surface area contributed by atoms with Crippen molar-refractivity contribution in [3.8, 4) is 0 Å². The van der Waals surface area contributed by atoms with Gasteiger partial charge in [-0.3, -0.25) is 4.79 Å². The van der Waals surface area contributed by atoms with E-state index in [4.69, 9.17) is 4.42 Å². The fourth-order valence-corrected chi connectivity index (χ4v) is 2.10. The van der Waals surface area contributed by atoms with Crippen molar-refractivity contribution in [2.75, 3.05) is 19.6 Å². The van der Waals surface area contributed by atoms with Gasteiger partial charge in [0.15, 0.2) is 0 Å². The third kappa shape index (κ3) is 3.83. The molecule has 0 aliphatic carbocycles. The Bertz CT molecular complexity index is 682. The Morgan fingerprint density at radius 3 is 2.67 bits per heavy atom. The number of nitrogens with one attached hydrogen (secondary N) is 2. The van der Waals surface area contributed by atoms with E-state index in [2.05, 4.69) is 10.6 Å². The maximum Gasteiger partial charge on any atom is 0.349 e. The summed E-state index contributed by atoms with van der Waals surface area (Å²) in [6, 6.07) is 7.20. The Kier molecular flexibility index (Phi) is 6.39. The predicted octanol–water partition coefficient (Wildman–Crippen LogP) is 1.86. The number of aryl methyl sites for hydroxylation is 1. The quantitative estimate of drug-likeness (QED) is 0.653. The summed E-state index contributed by atoms with van der Waals surface area (Å²) in [6.07, 6.45) is 0. The van der Waals surface area contributed by atoms with Crippen LogP contribution in [0.2, 0.25) is 0 Å². The van der Waals surface area contributed by atoms with Crippen molar-refractivity contribution in [3.05, 3.63) is 45.8 Å². The molecule has 0 radical (unpaired) electrons. The summed E-state index contributed by atoms with van der Waals surface area (Å²) in [6.45, 7) is 5.73. The molecule has 0 aliphatic heterocycles. The van der Waals surface area contributed by atoms with Crippen molar-refractivity contribution in [1.82, 2.24) is 10.6 Å². The monoisotopic (exact) mass is 310 g/mol. The fourth-order valence-electron chi connectivity index (χ4n) is 2.10. The molecule has 6 heteroatoms. The molecule has 1 aromatic carbocycles. The van der Waals surface area contributed by atoms with Gasteiger partial charge in [0.1, 0.15) is 11.1 Å². The standard InChI is InChI=1S/C15H18N2O3.ClH/c1-3-16-8-9-17-14(18)13-10(2)11-6-4-5-7-12(11)20-15(13)19;/h4-7,16H,3,8-9H2,1-2H3,(H,17,18);1H. The van der Waals surface area contributed by atoms with Crippen LogP contribution in [0.15, 0.2) is 33.5 Å². The Labute approximate surface area is 129 Å². The van der Waals surface area contributed by atoms with Crippen LogP contribution in [0.1, 0.15) is 22.8 Å². The van der Waals surface area contributed by atoms with Gasteiger partial charge >= 0.3 is 5.63 Å². The van der Waals surface area contributed by atoms with Crippen LogP contribution < -0.4 is 16.3 Å². The van der Waals surface area contributed by atoms with E-state index in [1.165, 1.54) is 0 Å². The van der Waals surface area contributed by atoms with Crippen molar-refractivity contribution in [2.24, 2.45) is 0 Å². The van der Waals surface area contributed by atoms with Gasteiger partial charge in [0, 0.05) is 18.5 Å². The molecule has 5 nitrogen and oxygen atoms in total. The lowest BCUT2D eigenvalue weighted by Crippen LogP contribution is -2.34. The van der Waals surface area contributed by atoms with Gasteiger partial charge in [0.05, 0.1) is 0 Å². The highest BCUT2D eigenvalue weighted by Crippen LogP contribution is 2.18. The number of fused-ring (bicyclic) bond motifs is 1. The normalized spacial score (nSPS) is 10.2. The maximum atomic E-state index is 12.1. The molecule has 1 heterocycles. The molecule has 2 N–H and O–H groups in total. The molecule has 0 fully saturated rings. The Morgan fingerprint density at radius 2 is 1.95 bits per heavy atom. The molecule has 0 aliphatic rings. The molecule has 0 atom stereocenters. The Balaban J connectivity index is 0.00000220. The van der Waals surface area contributed by atoms with E-state index in [1.54, 1.807) is 19.1 Å². The molecule has 114 valence electrons. The number of likely N-dealkylation sites (N-methyl/N-ethyl adjacent to an activating group) is 1. The number of hydrogen-bond donors (Lipinski definition) is 2. The zero-order valence-corrected chi connectivity index (χ0v) is 12.9. The van der Waals surface area contributed by atoms with Crippen molar-refractivity contribution >= 4 is 29.3 Å². The lowest BCUT2D eigenvalue weighted by atomic mass is 10.1. The van der Waals surface area contributed by atoms with Gasteiger partial charge in [-0.05, 0) is 25.1 Å². The van der Waals surface area contributed by atoms with Crippen LogP contribution in [0.4, 0.5) is 0 Å². The number of halogens is 1. The molecule has 0 spiro atoms. The van der Waals surface area contributed by atoms with E-state index in [9.17, 15) is 9.59 Å². The highest BCUT2D eigenvalue weighted by atomic mass is 35.5. The van der Waals surface area contributed by atoms with E-state index in [-0.39, 0.29) is 23.9 Å². The van der Waals surface area contributed by atoms with Gasteiger partial charge in [-0.1, -0.05) is 25.1 Å². The Morgan fingerprint density at radius 1 is 1.24 bits per heavy atom. The lowest BCUT2D eigenvalue weighted by molar-refractivity contribution is 0.0950. The van der Waals surface area contributed by atoms with Crippen molar-refractivity contribution < 1.29 is 9.21 Å². The van der Waals surface area contributed by atoms with Gasteiger partial charge in [0.2, 0.25) is 0 Å². The summed E-state index contributed by atoms with van der Waals surface area (Å²) >= 11 is 0. The molecule has 0 saturated heterocycles. The zero-order valence-electron chi connectivity index (χ0n) is 12.1. The van der Waals surface area contributed by atoms with Gasteiger partial charge in [-0.15, -0.1) is 12.4 Å². The van der Waals surface area contributed by atoms with Crippen LogP contribution in [-0.2, 0) is 0 Å². The van der Waals surface area contributed by atoms with E-state index in [0.29, 0.717) is 24.2 Å². The van der Waals surface area contributed by atoms with Crippen molar-refractivity contribution in [2.45, 2.75) is 13.8 Å². The first kappa shape index (κ1) is 17.2. The second kappa shape index (κ2) is 7.81. The van der Waals surface area contributed by atoms with Crippen LogP contribution in [0.5, 0.6) is 0 Å². The van der Waals surface area contributed by atoms with E-state index in [1.807, 2.05) is 19.1 Å². The minimum absolute atomic E-state index is 0. The number of benzene rings is 1. The fraction of sp³-hybridized carbons (Fsp3) is 0.333. The molecular weight excluding hydrogens is 292 g/mol. The van der Waals surface area contributed by atoms with Crippen molar-refractivity contribution in [3.63, 3.8) is 0 Å². The third-order valence-electron chi connectivity index (χ3n) is 3.14. The second-order valence-electron chi connectivity index (χ2n) is 4.50. The molecule has 0 bridgehead atoms. The first-order chi connectivity index (χ1) is 9.65. The van der Waals surface area contributed by atoms with Crippen LogP contribution >= 0.6 is 12.4 Å². The Hall–Kier alpha value is -1.85. The molecule has 1 aromatic heterocycles. The highest BCUT2D eigenvalue weighted by Gasteiger charge is 2.17. The summed E-state index contributed by atoms with van der Waals surface area (Å²) < 4.78 is 5.19. The molecule has 1 amide bonds. The second-order valence-corrected chi connectivity index (χ2v) is 4.50. The third-order valence-corrected chi connectivity index (χ3v) is 3.14. The minimum Gasteiger partial charge on any atom is -0.422 e. The molecular formula is C15H19ClN2O3. The summed E-state index contributed by atoms with van der Waals surface area (Å²) in [5.74, 6) is -0.389. The SMILES string of the molecule is CCNCCNC(=O)c1c(C)c2ccccc2oc1=O.Cl. The van der Waals surface area contributed by atoms with Crippen LogP contribution in [0, 0.1) is 6.92 Å². The van der Waals surface area contributed by atoms with Crippen molar-refractivity contribution in [1.29, 1.82) is 0 Å². The maximum absolute atomic E-state index is 12.1. The molecule has 21 heavy (non-hydrogen) atoms. The topological polar surface area (TPSA) is 71.3 Å². The average Bonchev–Trinajstić information content (AvgIpc) is 2.43. The van der Waals surface area contributed by atoms with Gasteiger partial charge < -0.3 is 15.1 Å². The molecule has 2 aromatic rings. The number of amides is 1. The summed E-state index contributed by atoms with van der Waals surface area (Å²) in [7, 11) is 0. The first-order valence-electron chi connectivity index (χ1n) is 6.66. The van der Waals surface area contributed by atoms with Gasteiger partial charge in [-0.25, -0.2) is 4.79 Å². The van der Waals surface area contributed by atoms with Gasteiger partial charge in [-0.2, -0.15) is 0 Å². The van der Waals surface area contributed by atoms with Gasteiger partial charge in [0.25, 0.3) is 5.91 Å². The van der Waals surface area contributed by atoms with E-state index < -0.39 is 5.63 Å². The summed E-state index contributed by atoms with van der Waals surface area (Å²) in [5, 5.41) is 6.60. The highest BCUT2D eigenvalue weighted by molar-refractivity contribution is 5.99. The molecule has 0 saturated carbocycles.